The van der Waals surface area contributed by atoms with Crippen LogP contribution in [0.2, 0.25) is 5.02 Å². The van der Waals surface area contributed by atoms with Gasteiger partial charge >= 0.3 is 0 Å². The topological polar surface area (TPSA) is 91.1 Å². The van der Waals surface area contributed by atoms with Gasteiger partial charge < -0.3 is 15.0 Å². The lowest BCUT2D eigenvalue weighted by atomic mass is 10.2. The van der Waals surface area contributed by atoms with Gasteiger partial charge in [0.15, 0.2) is 5.69 Å². The van der Waals surface area contributed by atoms with Gasteiger partial charge in [-0.05, 0) is 38.0 Å². The Bertz CT molecular complexity index is 859. The number of carbonyl (C=O) groups excluding carboxylic acids is 1. The number of nitriles is 1. The molecule has 1 fully saturated rings. The molecule has 0 saturated carbocycles. The van der Waals surface area contributed by atoms with Crippen molar-refractivity contribution in [2.45, 2.75) is 19.8 Å². The Morgan fingerprint density at radius 2 is 2.19 bits per heavy atom. The van der Waals surface area contributed by atoms with E-state index >= 15 is 0 Å². The predicted molar refractivity (Wildman–Crippen MR) is 98.8 cm³/mol. The van der Waals surface area contributed by atoms with E-state index in [1.165, 1.54) is 6.20 Å². The first-order valence-corrected chi connectivity index (χ1v) is 8.76. The molecule has 0 radical (unpaired) electrons. The van der Waals surface area contributed by atoms with Crippen LogP contribution in [0.5, 0.6) is 5.75 Å². The summed E-state index contributed by atoms with van der Waals surface area (Å²) in [7, 11) is 0. The fraction of sp³-hybridized carbons (Fsp3) is 0.333. The molecule has 1 aliphatic rings. The summed E-state index contributed by atoms with van der Waals surface area (Å²) < 4.78 is 5.51. The first-order valence-electron chi connectivity index (χ1n) is 8.38. The highest BCUT2D eigenvalue weighted by atomic mass is 35.5. The molecule has 2 aromatic rings. The summed E-state index contributed by atoms with van der Waals surface area (Å²) in [6, 6.07) is 6.87. The molecule has 0 atom stereocenters. The zero-order valence-corrected chi connectivity index (χ0v) is 15.1. The van der Waals surface area contributed by atoms with Crippen LogP contribution in [0.15, 0.2) is 24.4 Å². The second kappa shape index (κ2) is 8.02. The summed E-state index contributed by atoms with van der Waals surface area (Å²) in [4.78, 5) is 23.3. The standard InChI is InChI=1S/C18H18ClN5O2/c1-2-26-15-6-5-12(10-20)9-14(15)22-17(25)16-13(19)11-21-18(23-16)24-7-3-4-8-24/h5-6,9,11H,2-4,7-8H2,1H3,(H,22,25). The molecule has 0 unspecified atom stereocenters. The number of carbonyl (C=O) groups is 1. The molecule has 1 aromatic carbocycles. The Kier molecular flexibility index (Phi) is 5.54. The number of halogens is 1. The largest absolute Gasteiger partial charge is 0.492 e. The molecule has 1 N–H and O–H groups in total. The Morgan fingerprint density at radius 3 is 2.88 bits per heavy atom. The minimum absolute atomic E-state index is 0.0911. The smallest absolute Gasteiger partial charge is 0.276 e. The lowest BCUT2D eigenvalue weighted by molar-refractivity contribution is 0.102. The van der Waals surface area contributed by atoms with Crippen LogP contribution >= 0.6 is 11.6 Å². The lowest BCUT2D eigenvalue weighted by Gasteiger charge is -2.16. The molecule has 0 bridgehead atoms. The van der Waals surface area contributed by atoms with Gasteiger partial charge in [0.1, 0.15) is 5.75 Å². The van der Waals surface area contributed by atoms with E-state index in [2.05, 4.69) is 15.3 Å². The van der Waals surface area contributed by atoms with Crippen LogP contribution in [-0.2, 0) is 0 Å². The number of amides is 1. The highest BCUT2D eigenvalue weighted by molar-refractivity contribution is 6.34. The Labute approximate surface area is 156 Å². The average molecular weight is 372 g/mol. The van der Waals surface area contributed by atoms with Crippen molar-refractivity contribution in [1.29, 1.82) is 5.26 Å². The van der Waals surface area contributed by atoms with Gasteiger partial charge in [-0.15, -0.1) is 0 Å². The van der Waals surface area contributed by atoms with E-state index in [0.717, 1.165) is 25.9 Å². The summed E-state index contributed by atoms with van der Waals surface area (Å²) in [6.07, 6.45) is 3.59. The molecular formula is C18H18ClN5O2. The summed E-state index contributed by atoms with van der Waals surface area (Å²) in [6.45, 7) is 4.00. The van der Waals surface area contributed by atoms with Gasteiger partial charge in [0.2, 0.25) is 5.95 Å². The van der Waals surface area contributed by atoms with Crippen molar-refractivity contribution in [3.8, 4) is 11.8 Å². The monoisotopic (exact) mass is 371 g/mol. The van der Waals surface area contributed by atoms with Crippen molar-refractivity contribution in [2.75, 3.05) is 29.9 Å². The van der Waals surface area contributed by atoms with E-state index in [4.69, 9.17) is 21.6 Å². The van der Waals surface area contributed by atoms with E-state index < -0.39 is 5.91 Å². The van der Waals surface area contributed by atoms with E-state index in [1.807, 2.05) is 17.9 Å². The summed E-state index contributed by atoms with van der Waals surface area (Å²) in [5.41, 5.74) is 0.900. The lowest BCUT2D eigenvalue weighted by Crippen LogP contribution is -2.23. The number of anilines is 2. The van der Waals surface area contributed by atoms with Crippen molar-refractivity contribution in [1.82, 2.24) is 9.97 Å². The molecule has 3 rings (SSSR count). The third-order valence-electron chi connectivity index (χ3n) is 3.99. The van der Waals surface area contributed by atoms with Crippen molar-refractivity contribution in [3.05, 3.63) is 40.7 Å². The highest BCUT2D eigenvalue weighted by Gasteiger charge is 2.20. The van der Waals surface area contributed by atoms with Gasteiger partial charge in [0.05, 0.1) is 35.1 Å². The van der Waals surface area contributed by atoms with Gasteiger partial charge in [-0.1, -0.05) is 11.6 Å². The SMILES string of the molecule is CCOc1ccc(C#N)cc1NC(=O)c1nc(N2CCCC2)ncc1Cl. The van der Waals surface area contributed by atoms with Crippen LogP contribution in [0.4, 0.5) is 11.6 Å². The average Bonchev–Trinajstić information content (AvgIpc) is 3.18. The Hall–Kier alpha value is -2.85. The molecule has 1 aromatic heterocycles. The number of hydrogen-bond donors (Lipinski definition) is 1. The second-order valence-corrected chi connectivity index (χ2v) is 6.18. The van der Waals surface area contributed by atoms with Crippen LogP contribution in [-0.4, -0.2) is 35.6 Å². The van der Waals surface area contributed by atoms with E-state index in [1.54, 1.807) is 18.2 Å². The fourth-order valence-corrected chi connectivity index (χ4v) is 2.92. The number of nitrogens with zero attached hydrogens (tertiary/aromatic N) is 4. The first kappa shape index (κ1) is 18.0. The van der Waals surface area contributed by atoms with E-state index in [0.29, 0.717) is 29.6 Å². The first-order chi connectivity index (χ1) is 12.6. The molecule has 0 aliphatic carbocycles. The van der Waals surface area contributed by atoms with Gasteiger partial charge in [0, 0.05) is 13.1 Å². The second-order valence-electron chi connectivity index (χ2n) is 5.77. The zero-order valence-electron chi connectivity index (χ0n) is 14.3. The van der Waals surface area contributed by atoms with Crippen LogP contribution < -0.4 is 15.0 Å². The maximum atomic E-state index is 12.7. The van der Waals surface area contributed by atoms with Gasteiger partial charge in [-0.2, -0.15) is 5.26 Å². The molecule has 8 heteroatoms. The van der Waals surface area contributed by atoms with Gasteiger partial charge in [-0.3, -0.25) is 4.79 Å². The summed E-state index contributed by atoms with van der Waals surface area (Å²) in [5, 5.41) is 12.0. The predicted octanol–water partition coefficient (Wildman–Crippen LogP) is 3.25. The maximum absolute atomic E-state index is 12.7. The summed E-state index contributed by atoms with van der Waals surface area (Å²) >= 11 is 6.14. The van der Waals surface area contributed by atoms with Crippen molar-refractivity contribution < 1.29 is 9.53 Å². The molecular weight excluding hydrogens is 354 g/mol. The third-order valence-corrected chi connectivity index (χ3v) is 4.27. The Balaban J connectivity index is 1.88. The van der Waals surface area contributed by atoms with E-state index in [9.17, 15) is 4.79 Å². The molecule has 26 heavy (non-hydrogen) atoms. The third kappa shape index (κ3) is 3.86. The molecule has 2 heterocycles. The van der Waals surface area contributed by atoms with Crippen LogP contribution in [0.25, 0.3) is 0 Å². The summed E-state index contributed by atoms with van der Waals surface area (Å²) in [5.74, 6) is 0.492. The number of hydrogen-bond acceptors (Lipinski definition) is 6. The molecule has 0 spiro atoms. The van der Waals surface area contributed by atoms with Crippen molar-refractivity contribution in [3.63, 3.8) is 0 Å². The molecule has 1 amide bonds. The molecule has 1 aliphatic heterocycles. The minimum atomic E-state index is -0.478. The molecule has 1 saturated heterocycles. The zero-order chi connectivity index (χ0) is 18.5. The van der Waals surface area contributed by atoms with Crippen molar-refractivity contribution >= 4 is 29.1 Å². The van der Waals surface area contributed by atoms with Crippen LogP contribution in [0.1, 0.15) is 35.8 Å². The Morgan fingerprint density at radius 1 is 1.42 bits per heavy atom. The number of benzene rings is 1. The van der Waals surface area contributed by atoms with Crippen molar-refractivity contribution in [2.24, 2.45) is 0 Å². The molecule has 134 valence electrons. The highest BCUT2D eigenvalue weighted by Crippen LogP contribution is 2.27. The van der Waals surface area contributed by atoms with Crippen LogP contribution in [0, 0.1) is 11.3 Å². The van der Waals surface area contributed by atoms with Gasteiger partial charge in [-0.25, -0.2) is 9.97 Å². The normalized spacial score (nSPS) is 13.3. The van der Waals surface area contributed by atoms with Gasteiger partial charge in [0.25, 0.3) is 5.91 Å². The quantitative estimate of drug-likeness (QED) is 0.867. The maximum Gasteiger partial charge on any atom is 0.276 e. The number of aromatic nitrogens is 2. The fourth-order valence-electron chi connectivity index (χ4n) is 2.75. The minimum Gasteiger partial charge on any atom is -0.492 e. The number of rotatable bonds is 5. The van der Waals surface area contributed by atoms with E-state index in [-0.39, 0.29) is 10.7 Å². The number of nitrogens with one attached hydrogen (secondary N) is 1. The van der Waals surface area contributed by atoms with Crippen LogP contribution in [0.3, 0.4) is 0 Å². The molecule has 7 nitrogen and oxygen atoms in total. The number of ether oxygens (including phenoxy) is 1.